The van der Waals surface area contributed by atoms with E-state index < -0.39 is 0 Å². The average molecular weight is 345 g/mol. The maximum atomic E-state index is 13.2. The molecule has 2 aliphatic heterocycles. The Morgan fingerprint density at radius 1 is 0.962 bits per heavy atom. The summed E-state index contributed by atoms with van der Waals surface area (Å²) in [5.41, 5.74) is 1.14. The second-order valence-corrected chi connectivity index (χ2v) is 7.61. The highest BCUT2D eigenvalue weighted by atomic mass is 16.2. The molecule has 0 N–H and O–H groups in total. The first kappa shape index (κ1) is 15.6. The molecule has 3 heterocycles. The largest absolute Gasteiger partial charge is 0.336 e. The van der Waals surface area contributed by atoms with Gasteiger partial charge in [-0.25, -0.2) is 0 Å². The summed E-state index contributed by atoms with van der Waals surface area (Å²) in [5.74, 6) is 0.285. The van der Waals surface area contributed by atoms with Crippen LogP contribution in [0.4, 0.5) is 0 Å². The number of benzene rings is 2. The van der Waals surface area contributed by atoms with Gasteiger partial charge in [-0.3, -0.25) is 9.48 Å². The number of rotatable bonds is 3. The summed E-state index contributed by atoms with van der Waals surface area (Å²) in [6.45, 7) is 0. The number of hydrogen-bond acceptors (Lipinski definition) is 2. The van der Waals surface area contributed by atoms with Crippen molar-refractivity contribution >= 4 is 16.7 Å². The third kappa shape index (κ3) is 2.61. The molecule has 0 spiro atoms. The monoisotopic (exact) mass is 345 g/mol. The molecule has 4 heteroatoms. The minimum absolute atomic E-state index is 0.285. The summed E-state index contributed by atoms with van der Waals surface area (Å²) in [5, 5.41) is 6.82. The summed E-state index contributed by atoms with van der Waals surface area (Å²) in [6, 6.07) is 17.8. The van der Waals surface area contributed by atoms with Crippen molar-refractivity contribution in [2.75, 3.05) is 0 Å². The minimum Gasteiger partial charge on any atom is -0.336 e. The van der Waals surface area contributed by atoms with Crippen LogP contribution in [0.5, 0.6) is 0 Å². The van der Waals surface area contributed by atoms with Crippen LogP contribution in [-0.4, -0.2) is 32.7 Å². The number of fused-ring (bicyclic) bond motifs is 3. The van der Waals surface area contributed by atoms with Gasteiger partial charge in [0.2, 0.25) is 5.91 Å². The second-order valence-electron chi connectivity index (χ2n) is 7.61. The summed E-state index contributed by atoms with van der Waals surface area (Å²) in [4.78, 5) is 15.4. The van der Waals surface area contributed by atoms with Crippen molar-refractivity contribution in [1.82, 2.24) is 14.7 Å². The number of carbonyl (C=O) groups is 1. The normalized spacial score (nSPS) is 24.9. The highest BCUT2D eigenvalue weighted by Gasteiger charge is 2.43. The van der Waals surface area contributed by atoms with E-state index in [1.54, 1.807) is 0 Å². The Morgan fingerprint density at radius 2 is 1.73 bits per heavy atom. The molecular formula is C22H23N3O. The van der Waals surface area contributed by atoms with Gasteiger partial charge in [-0.2, -0.15) is 5.10 Å². The molecule has 2 fully saturated rings. The van der Waals surface area contributed by atoms with Crippen molar-refractivity contribution in [2.24, 2.45) is 0 Å². The molecule has 2 atom stereocenters. The average Bonchev–Trinajstić information content (AvgIpc) is 3.29. The van der Waals surface area contributed by atoms with Gasteiger partial charge >= 0.3 is 0 Å². The Labute approximate surface area is 153 Å². The molecule has 132 valence electrons. The van der Waals surface area contributed by atoms with E-state index in [9.17, 15) is 4.79 Å². The maximum Gasteiger partial charge on any atom is 0.227 e. The van der Waals surface area contributed by atoms with Crippen LogP contribution in [0, 0.1) is 0 Å². The summed E-state index contributed by atoms with van der Waals surface area (Å²) < 4.78 is 2.08. The molecule has 2 unspecified atom stereocenters. The zero-order chi connectivity index (χ0) is 17.5. The first-order chi connectivity index (χ1) is 12.8. The quantitative estimate of drug-likeness (QED) is 0.720. The van der Waals surface area contributed by atoms with Crippen molar-refractivity contribution in [1.29, 1.82) is 0 Å². The van der Waals surface area contributed by atoms with E-state index in [-0.39, 0.29) is 5.91 Å². The number of aromatic nitrogens is 2. The molecule has 26 heavy (non-hydrogen) atoms. The lowest BCUT2D eigenvalue weighted by Gasteiger charge is -2.39. The van der Waals surface area contributed by atoms with E-state index in [0.29, 0.717) is 24.5 Å². The molecular weight excluding hydrogens is 322 g/mol. The molecule has 0 aliphatic carbocycles. The molecule has 2 aromatic carbocycles. The molecule has 2 bridgehead atoms. The molecule has 0 saturated carbocycles. The topological polar surface area (TPSA) is 38.1 Å². The van der Waals surface area contributed by atoms with Crippen LogP contribution in [0.2, 0.25) is 0 Å². The molecule has 0 radical (unpaired) electrons. The fraction of sp³-hybridized carbons (Fsp3) is 0.364. The number of amides is 1. The second kappa shape index (κ2) is 6.27. The van der Waals surface area contributed by atoms with Gasteiger partial charge in [0, 0.05) is 24.5 Å². The number of carbonyl (C=O) groups excluding carboxylic acids is 1. The van der Waals surface area contributed by atoms with Crippen LogP contribution in [0.25, 0.3) is 10.8 Å². The minimum atomic E-state index is 0.285. The highest BCUT2D eigenvalue weighted by molar-refractivity contribution is 5.90. The van der Waals surface area contributed by atoms with E-state index in [1.165, 1.54) is 10.8 Å². The summed E-state index contributed by atoms with van der Waals surface area (Å²) >= 11 is 0. The van der Waals surface area contributed by atoms with Crippen LogP contribution in [-0.2, 0) is 11.2 Å². The third-order valence-corrected chi connectivity index (χ3v) is 6.12. The predicted octanol–water partition coefficient (Wildman–Crippen LogP) is 3.97. The predicted molar refractivity (Wildman–Crippen MR) is 102 cm³/mol. The van der Waals surface area contributed by atoms with Crippen molar-refractivity contribution < 1.29 is 4.79 Å². The molecule has 2 saturated heterocycles. The lowest BCUT2D eigenvalue weighted by Crippen LogP contribution is -2.47. The van der Waals surface area contributed by atoms with Crippen molar-refractivity contribution in [3.05, 3.63) is 66.5 Å². The fourth-order valence-corrected chi connectivity index (χ4v) is 4.97. The molecule has 1 amide bonds. The summed E-state index contributed by atoms with van der Waals surface area (Å²) in [6.07, 6.45) is 8.71. The van der Waals surface area contributed by atoms with E-state index in [2.05, 4.69) is 57.3 Å². The van der Waals surface area contributed by atoms with Gasteiger partial charge in [-0.1, -0.05) is 42.5 Å². The van der Waals surface area contributed by atoms with Crippen LogP contribution < -0.4 is 0 Å². The SMILES string of the molecule is O=C(Cc1cccc2ccccc12)N1C2CCC1CC(n1cccn1)C2. The Kier molecular flexibility index (Phi) is 3.77. The van der Waals surface area contributed by atoms with Gasteiger partial charge in [-0.05, 0) is 48.1 Å². The molecule has 2 aliphatic rings. The van der Waals surface area contributed by atoms with Gasteiger partial charge in [0.1, 0.15) is 0 Å². The van der Waals surface area contributed by atoms with Gasteiger partial charge in [0.15, 0.2) is 0 Å². The Morgan fingerprint density at radius 3 is 2.50 bits per heavy atom. The molecule has 3 aromatic rings. The zero-order valence-corrected chi connectivity index (χ0v) is 14.8. The van der Waals surface area contributed by atoms with E-state index in [1.807, 2.05) is 18.3 Å². The summed E-state index contributed by atoms with van der Waals surface area (Å²) in [7, 11) is 0. The van der Waals surface area contributed by atoms with Crippen molar-refractivity contribution in [2.45, 2.75) is 50.2 Å². The van der Waals surface area contributed by atoms with E-state index in [4.69, 9.17) is 0 Å². The highest BCUT2D eigenvalue weighted by Crippen LogP contribution is 2.41. The van der Waals surface area contributed by atoms with Crippen molar-refractivity contribution in [3.8, 4) is 0 Å². The Bertz CT molecular complexity index is 914. The van der Waals surface area contributed by atoms with Crippen LogP contribution in [0.15, 0.2) is 60.9 Å². The first-order valence-electron chi connectivity index (χ1n) is 9.56. The van der Waals surface area contributed by atoms with Crippen LogP contribution >= 0.6 is 0 Å². The van der Waals surface area contributed by atoms with Crippen LogP contribution in [0.3, 0.4) is 0 Å². The molecule has 4 nitrogen and oxygen atoms in total. The Balaban J connectivity index is 1.36. The standard InChI is InChI=1S/C22H23N3O/c26-22(13-17-7-3-6-16-5-1-2-8-21(16)17)25-18-9-10-19(25)15-20(14-18)24-12-4-11-23-24/h1-8,11-12,18-20H,9-10,13-15H2. The van der Waals surface area contributed by atoms with Crippen molar-refractivity contribution in [3.63, 3.8) is 0 Å². The smallest absolute Gasteiger partial charge is 0.227 e. The van der Waals surface area contributed by atoms with Gasteiger partial charge in [0.05, 0.1) is 12.5 Å². The van der Waals surface area contributed by atoms with Gasteiger partial charge < -0.3 is 4.90 Å². The van der Waals surface area contributed by atoms with E-state index >= 15 is 0 Å². The van der Waals surface area contributed by atoms with Gasteiger partial charge in [-0.15, -0.1) is 0 Å². The first-order valence-corrected chi connectivity index (χ1v) is 9.56. The van der Waals surface area contributed by atoms with Gasteiger partial charge in [0.25, 0.3) is 0 Å². The number of piperidine rings is 1. The third-order valence-electron chi connectivity index (χ3n) is 6.12. The number of hydrogen-bond donors (Lipinski definition) is 0. The lowest BCUT2D eigenvalue weighted by molar-refractivity contribution is -0.135. The number of nitrogens with zero attached hydrogens (tertiary/aromatic N) is 3. The maximum absolute atomic E-state index is 13.2. The lowest BCUT2D eigenvalue weighted by atomic mass is 9.95. The fourth-order valence-electron chi connectivity index (χ4n) is 4.97. The van der Waals surface area contributed by atoms with E-state index in [0.717, 1.165) is 31.2 Å². The Hall–Kier alpha value is -2.62. The van der Waals surface area contributed by atoms with Crippen LogP contribution in [0.1, 0.15) is 37.3 Å². The molecule has 5 rings (SSSR count). The molecule has 1 aromatic heterocycles. The zero-order valence-electron chi connectivity index (χ0n) is 14.8.